The van der Waals surface area contributed by atoms with Crippen LogP contribution in [-0.2, 0) is 9.53 Å². The standard InChI is InChI=1S/C18H20FN3O3/c1-24-18(8-10-20-11-9-18)17(23)22-14-4-7-16(21-12-14)25-15-5-2-13(19)3-6-15/h2-7,12,20H,8-11H2,1H3,(H,22,23). The Morgan fingerprint density at radius 3 is 2.52 bits per heavy atom. The molecule has 0 saturated carbocycles. The van der Waals surface area contributed by atoms with Crippen LogP contribution in [0.5, 0.6) is 11.6 Å². The number of halogens is 1. The van der Waals surface area contributed by atoms with Gasteiger partial charge in [-0.1, -0.05) is 0 Å². The average molecular weight is 345 g/mol. The largest absolute Gasteiger partial charge is 0.439 e. The lowest BCUT2D eigenvalue weighted by Gasteiger charge is -2.34. The molecule has 25 heavy (non-hydrogen) atoms. The first kappa shape index (κ1) is 17.3. The molecule has 1 aromatic carbocycles. The Balaban J connectivity index is 1.63. The van der Waals surface area contributed by atoms with E-state index < -0.39 is 5.60 Å². The number of amides is 1. The van der Waals surface area contributed by atoms with Gasteiger partial charge in [-0.2, -0.15) is 0 Å². The Hall–Kier alpha value is -2.51. The van der Waals surface area contributed by atoms with Gasteiger partial charge in [-0.05, 0) is 56.3 Å². The summed E-state index contributed by atoms with van der Waals surface area (Å²) in [5.74, 6) is 0.334. The summed E-state index contributed by atoms with van der Waals surface area (Å²) in [4.78, 5) is 16.7. The minimum absolute atomic E-state index is 0.175. The summed E-state index contributed by atoms with van der Waals surface area (Å²) in [5, 5.41) is 6.06. The predicted octanol–water partition coefficient (Wildman–Crippen LogP) is 2.72. The summed E-state index contributed by atoms with van der Waals surface area (Å²) in [5.41, 5.74) is -0.249. The molecule has 0 aliphatic carbocycles. The van der Waals surface area contributed by atoms with Gasteiger partial charge in [0.25, 0.3) is 5.91 Å². The van der Waals surface area contributed by atoms with E-state index in [2.05, 4.69) is 15.6 Å². The van der Waals surface area contributed by atoms with Gasteiger partial charge < -0.3 is 20.1 Å². The minimum atomic E-state index is -0.811. The molecule has 7 heteroatoms. The van der Waals surface area contributed by atoms with Crippen LogP contribution in [0.2, 0.25) is 0 Å². The number of nitrogens with one attached hydrogen (secondary N) is 2. The van der Waals surface area contributed by atoms with Crippen LogP contribution in [0, 0.1) is 5.82 Å². The van der Waals surface area contributed by atoms with Crippen LogP contribution in [0.4, 0.5) is 10.1 Å². The number of pyridine rings is 1. The fraction of sp³-hybridized carbons (Fsp3) is 0.333. The van der Waals surface area contributed by atoms with Crippen molar-refractivity contribution in [1.82, 2.24) is 10.3 Å². The second-order valence-electron chi connectivity index (χ2n) is 5.84. The van der Waals surface area contributed by atoms with E-state index in [1.54, 1.807) is 19.2 Å². The fourth-order valence-electron chi connectivity index (χ4n) is 2.74. The molecule has 1 aromatic heterocycles. The van der Waals surface area contributed by atoms with Gasteiger partial charge in [-0.15, -0.1) is 0 Å². The van der Waals surface area contributed by atoms with E-state index in [1.807, 2.05) is 0 Å². The molecule has 1 amide bonds. The van der Waals surface area contributed by atoms with Crippen molar-refractivity contribution >= 4 is 11.6 Å². The molecule has 0 bridgehead atoms. The van der Waals surface area contributed by atoms with E-state index >= 15 is 0 Å². The van der Waals surface area contributed by atoms with Crippen molar-refractivity contribution < 1.29 is 18.7 Å². The highest BCUT2D eigenvalue weighted by atomic mass is 19.1. The number of anilines is 1. The van der Waals surface area contributed by atoms with Crippen molar-refractivity contribution in [2.24, 2.45) is 0 Å². The number of hydrogen-bond donors (Lipinski definition) is 2. The summed E-state index contributed by atoms with van der Waals surface area (Å²) >= 11 is 0. The summed E-state index contributed by atoms with van der Waals surface area (Å²) in [7, 11) is 1.56. The molecule has 0 unspecified atom stereocenters. The number of carbonyl (C=O) groups is 1. The van der Waals surface area contributed by atoms with Gasteiger partial charge in [-0.3, -0.25) is 4.79 Å². The van der Waals surface area contributed by atoms with Crippen LogP contribution in [0.1, 0.15) is 12.8 Å². The molecule has 6 nitrogen and oxygen atoms in total. The number of benzene rings is 1. The molecule has 0 radical (unpaired) electrons. The monoisotopic (exact) mass is 345 g/mol. The van der Waals surface area contributed by atoms with Crippen molar-refractivity contribution in [3.05, 3.63) is 48.4 Å². The summed E-state index contributed by atoms with van der Waals surface area (Å²) in [6.07, 6.45) is 2.75. The quantitative estimate of drug-likeness (QED) is 0.872. The number of carbonyl (C=O) groups excluding carboxylic acids is 1. The van der Waals surface area contributed by atoms with E-state index in [1.165, 1.54) is 30.5 Å². The van der Waals surface area contributed by atoms with Crippen molar-refractivity contribution in [3.8, 4) is 11.6 Å². The van der Waals surface area contributed by atoms with Crippen LogP contribution in [0.15, 0.2) is 42.6 Å². The summed E-state index contributed by atoms with van der Waals surface area (Å²) in [6, 6.07) is 9.01. The second kappa shape index (κ2) is 7.58. The highest BCUT2D eigenvalue weighted by Crippen LogP contribution is 2.25. The zero-order valence-electron chi connectivity index (χ0n) is 13.9. The average Bonchev–Trinajstić information content (AvgIpc) is 2.65. The molecule has 2 heterocycles. The fourth-order valence-corrected chi connectivity index (χ4v) is 2.74. The van der Waals surface area contributed by atoms with Crippen LogP contribution < -0.4 is 15.4 Å². The molecule has 132 valence electrons. The molecule has 3 rings (SSSR count). The van der Waals surface area contributed by atoms with Crippen molar-refractivity contribution in [2.75, 3.05) is 25.5 Å². The first-order chi connectivity index (χ1) is 12.1. The lowest BCUT2D eigenvalue weighted by atomic mass is 9.91. The van der Waals surface area contributed by atoms with E-state index in [-0.39, 0.29) is 11.7 Å². The van der Waals surface area contributed by atoms with Gasteiger partial charge >= 0.3 is 0 Å². The number of ether oxygens (including phenoxy) is 2. The number of hydrogen-bond acceptors (Lipinski definition) is 5. The molecule has 0 spiro atoms. The lowest BCUT2D eigenvalue weighted by molar-refractivity contribution is -0.140. The van der Waals surface area contributed by atoms with Crippen LogP contribution in [0.3, 0.4) is 0 Å². The van der Waals surface area contributed by atoms with E-state index in [9.17, 15) is 9.18 Å². The molecule has 1 aliphatic heterocycles. The zero-order chi connectivity index (χ0) is 17.7. The Bertz CT molecular complexity index is 713. The smallest absolute Gasteiger partial charge is 0.256 e. The second-order valence-corrected chi connectivity index (χ2v) is 5.84. The van der Waals surface area contributed by atoms with Gasteiger partial charge in [0.15, 0.2) is 0 Å². The molecule has 1 saturated heterocycles. The van der Waals surface area contributed by atoms with Crippen LogP contribution >= 0.6 is 0 Å². The number of aromatic nitrogens is 1. The third-order valence-electron chi connectivity index (χ3n) is 4.25. The van der Waals surface area contributed by atoms with Gasteiger partial charge in [0, 0.05) is 13.2 Å². The summed E-state index contributed by atoms with van der Waals surface area (Å²) < 4.78 is 23.9. The molecule has 1 aliphatic rings. The Kier molecular flexibility index (Phi) is 5.25. The molecule has 0 atom stereocenters. The molecule has 1 fully saturated rings. The van der Waals surface area contributed by atoms with E-state index in [0.717, 1.165) is 13.1 Å². The first-order valence-corrected chi connectivity index (χ1v) is 8.08. The number of nitrogens with zero attached hydrogens (tertiary/aromatic N) is 1. The third-order valence-corrected chi connectivity index (χ3v) is 4.25. The third kappa shape index (κ3) is 4.12. The van der Waals surface area contributed by atoms with E-state index in [4.69, 9.17) is 9.47 Å². The maximum Gasteiger partial charge on any atom is 0.256 e. The maximum atomic E-state index is 12.9. The van der Waals surface area contributed by atoms with Gasteiger partial charge in [0.2, 0.25) is 5.88 Å². The topological polar surface area (TPSA) is 72.5 Å². The Morgan fingerprint density at radius 2 is 1.92 bits per heavy atom. The van der Waals surface area contributed by atoms with Crippen LogP contribution in [-0.4, -0.2) is 36.7 Å². The molecular weight excluding hydrogens is 325 g/mol. The van der Waals surface area contributed by atoms with Gasteiger partial charge in [0.05, 0.1) is 11.9 Å². The molecule has 2 aromatic rings. The molecule has 2 N–H and O–H groups in total. The van der Waals surface area contributed by atoms with Crippen molar-refractivity contribution in [1.29, 1.82) is 0 Å². The van der Waals surface area contributed by atoms with Gasteiger partial charge in [-0.25, -0.2) is 9.37 Å². The van der Waals surface area contributed by atoms with Crippen molar-refractivity contribution in [3.63, 3.8) is 0 Å². The highest BCUT2D eigenvalue weighted by molar-refractivity contribution is 5.97. The number of piperidine rings is 1. The number of rotatable bonds is 5. The van der Waals surface area contributed by atoms with Crippen LogP contribution in [0.25, 0.3) is 0 Å². The lowest BCUT2D eigenvalue weighted by Crippen LogP contribution is -2.51. The summed E-state index contributed by atoms with van der Waals surface area (Å²) in [6.45, 7) is 1.48. The first-order valence-electron chi connectivity index (χ1n) is 8.08. The predicted molar refractivity (Wildman–Crippen MR) is 91.2 cm³/mol. The normalized spacial score (nSPS) is 16.2. The minimum Gasteiger partial charge on any atom is -0.439 e. The zero-order valence-corrected chi connectivity index (χ0v) is 13.9. The SMILES string of the molecule is COC1(C(=O)Nc2ccc(Oc3ccc(F)cc3)nc2)CCNCC1. The Labute approximate surface area is 145 Å². The Morgan fingerprint density at radius 1 is 1.20 bits per heavy atom. The number of methoxy groups -OCH3 is 1. The van der Waals surface area contributed by atoms with E-state index in [0.29, 0.717) is 30.2 Å². The molecular formula is C18H20FN3O3. The highest BCUT2D eigenvalue weighted by Gasteiger charge is 2.39. The maximum absolute atomic E-state index is 12.9. The van der Waals surface area contributed by atoms with Crippen molar-refractivity contribution in [2.45, 2.75) is 18.4 Å². The van der Waals surface area contributed by atoms with Gasteiger partial charge in [0.1, 0.15) is 17.2 Å².